The van der Waals surface area contributed by atoms with E-state index in [1.54, 1.807) is 0 Å². The lowest BCUT2D eigenvalue weighted by Gasteiger charge is -1.98. The highest BCUT2D eigenvalue weighted by atomic mass is 32.2. The Morgan fingerprint density at radius 3 is 2.25 bits per heavy atom. The molecular weight excluding hydrogens is 120 g/mol. The van der Waals surface area contributed by atoms with Crippen molar-refractivity contribution in [3.8, 4) is 0 Å². The molecule has 0 aromatic heterocycles. The van der Waals surface area contributed by atoms with Gasteiger partial charge in [-0.15, -0.1) is 0 Å². The second-order valence-electron chi connectivity index (χ2n) is 1.89. The van der Waals surface area contributed by atoms with Crippen LogP contribution in [0.2, 0.25) is 0 Å². The topological polar surface area (TPSA) is 17.1 Å². The molecule has 0 aliphatic heterocycles. The lowest BCUT2D eigenvalue weighted by molar-refractivity contribution is -0.110. The first-order valence-electron chi connectivity index (χ1n) is 2.86. The van der Waals surface area contributed by atoms with Crippen LogP contribution in [-0.4, -0.2) is 10.4 Å². The zero-order valence-corrected chi connectivity index (χ0v) is 6.42. The van der Waals surface area contributed by atoms with Crippen LogP contribution in [-0.2, 0) is 4.79 Å². The van der Waals surface area contributed by atoms with Crippen LogP contribution in [0.15, 0.2) is 0 Å². The van der Waals surface area contributed by atoms with Gasteiger partial charge in [-0.05, 0) is 0 Å². The molecule has 0 aromatic carbocycles. The zero-order valence-electron chi connectivity index (χ0n) is 5.60. The Morgan fingerprint density at radius 2 is 2.12 bits per heavy atom. The minimum Gasteiger partial charge on any atom is -0.287 e. The molecule has 2 heteroatoms. The molecule has 0 amide bonds. The lowest BCUT2D eigenvalue weighted by Crippen LogP contribution is -1.94. The molecule has 0 bridgehead atoms. The molecule has 0 aromatic rings. The van der Waals surface area contributed by atoms with Gasteiger partial charge in [0, 0.05) is 11.7 Å². The molecule has 0 aliphatic rings. The summed E-state index contributed by atoms with van der Waals surface area (Å²) >= 11 is 1.42. The fourth-order valence-corrected chi connectivity index (χ4v) is 1.04. The Hall–Kier alpha value is 0.0200. The van der Waals surface area contributed by atoms with Crippen LogP contribution in [0.1, 0.15) is 27.2 Å². The van der Waals surface area contributed by atoms with Gasteiger partial charge in [0.25, 0.3) is 0 Å². The first-order valence-corrected chi connectivity index (χ1v) is 3.74. The number of rotatable bonds is 2. The molecule has 0 atom stereocenters. The van der Waals surface area contributed by atoms with E-state index in [-0.39, 0.29) is 0 Å². The second kappa shape index (κ2) is 3.96. The van der Waals surface area contributed by atoms with E-state index in [0.717, 1.165) is 0 Å². The van der Waals surface area contributed by atoms with Gasteiger partial charge in [-0.1, -0.05) is 32.5 Å². The van der Waals surface area contributed by atoms with Crippen LogP contribution in [0.3, 0.4) is 0 Å². The van der Waals surface area contributed by atoms with Gasteiger partial charge in [-0.25, -0.2) is 0 Å². The summed E-state index contributed by atoms with van der Waals surface area (Å²) in [5.74, 6) is 0. The molecule has 0 spiro atoms. The number of thioether (sulfide) groups is 1. The predicted octanol–water partition coefficient (Wildman–Crippen LogP) is 2.06. The molecule has 48 valence electrons. The smallest absolute Gasteiger partial charge is 0.188 e. The van der Waals surface area contributed by atoms with Gasteiger partial charge in [0.05, 0.1) is 0 Å². The summed E-state index contributed by atoms with van der Waals surface area (Å²) in [5.41, 5.74) is 0. The standard InChI is InChI=1S/C6H12OS/c1-4-6(7)8-5(2)3/h5H,4H2,1-3H3. The number of hydrogen-bond acceptors (Lipinski definition) is 2. The maximum Gasteiger partial charge on any atom is 0.188 e. The van der Waals surface area contributed by atoms with Crippen molar-refractivity contribution in [2.45, 2.75) is 32.4 Å². The third-order valence-electron chi connectivity index (χ3n) is 0.656. The van der Waals surface area contributed by atoms with Crippen molar-refractivity contribution in [2.75, 3.05) is 0 Å². The molecule has 0 saturated heterocycles. The highest BCUT2D eigenvalue weighted by molar-refractivity contribution is 8.14. The van der Waals surface area contributed by atoms with Gasteiger partial charge < -0.3 is 0 Å². The fraction of sp³-hybridized carbons (Fsp3) is 0.833. The summed E-state index contributed by atoms with van der Waals surface area (Å²) in [4.78, 5) is 10.6. The first kappa shape index (κ1) is 8.02. The summed E-state index contributed by atoms with van der Waals surface area (Å²) in [6.07, 6.45) is 0.656. The predicted molar refractivity (Wildman–Crippen MR) is 38.0 cm³/mol. The molecule has 1 nitrogen and oxygen atoms in total. The van der Waals surface area contributed by atoms with E-state index >= 15 is 0 Å². The van der Waals surface area contributed by atoms with Crippen LogP contribution in [0.5, 0.6) is 0 Å². The summed E-state index contributed by atoms with van der Waals surface area (Å²) < 4.78 is 0. The van der Waals surface area contributed by atoms with Gasteiger partial charge >= 0.3 is 0 Å². The average molecular weight is 132 g/mol. The average Bonchev–Trinajstić information content (AvgIpc) is 1.65. The minimum atomic E-state index is 0.292. The third-order valence-corrected chi connectivity index (χ3v) is 1.68. The Balaban J connectivity index is 3.25. The van der Waals surface area contributed by atoms with E-state index in [0.29, 0.717) is 16.8 Å². The summed E-state index contributed by atoms with van der Waals surface area (Å²) in [6, 6.07) is 0. The Morgan fingerprint density at radius 1 is 1.62 bits per heavy atom. The van der Waals surface area contributed by atoms with Crippen LogP contribution in [0.4, 0.5) is 0 Å². The van der Waals surface area contributed by atoms with Crippen molar-refractivity contribution in [3.63, 3.8) is 0 Å². The Labute approximate surface area is 54.8 Å². The highest BCUT2D eigenvalue weighted by Gasteiger charge is 2.00. The molecule has 0 heterocycles. The van der Waals surface area contributed by atoms with Crippen LogP contribution in [0, 0.1) is 0 Å². The van der Waals surface area contributed by atoms with Gasteiger partial charge in [0.15, 0.2) is 5.12 Å². The number of hydrogen-bond donors (Lipinski definition) is 0. The maximum atomic E-state index is 10.6. The SMILES string of the molecule is CCC(=O)SC(C)C. The van der Waals surface area contributed by atoms with Crippen LogP contribution >= 0.6 is 11.8 Å². The lowest BCUT2D eigenvalue weighted by atomic mass is 10.5. The Bertz CT molecular complexity index is 78.6. The summed E-state index contributed by atoms with van der Waals surface area (Å²) in [6.45, 7) is 5.94. The Kier molecular flexibility index (Phi) is 3.97. The maximum absolute atomic E-state index is 10.6. The van der Waals surface area contributed by atoms with E-state index < -0.39 is 0 Å². The van der Waals surface area contributed by atoms with Crippen molar-refractivity contribution < 1.29 is 4.79 Å². The summed E-state index contributed by atoms with van der Waals surface area (Å²) in [7, 11) is 0. The van der Waals surface area contributed by atoms with Gasteiger partial charge in [0.2, 0.25) is 0 Å². The van der Waals surface area contributed by atoms with E-state index in [1.165, 1.54) is 11.8 Å². The quantitative estimate of drug-likeness (QED) is 0.572. The molecule has 8 heavy (non-hydrogen) atoms. The molecular formula is C6H12OS. The monoisotopic (exact) mass is 132 g/mol. The third kappa shape index (κ3) is 4.19. The van der Waals surface area contributed by atoms with Crippen molar-refractivity contribution in [2.24, 2.45) is 0 Å². The van der Waals surface area contributed by atoms with E-state index in [9.17, 15) is 4.79 Å². The van der Waals surface area contributed by atoms with Crippen LogP contribution in [0.25, 0.3) is 0 Å². The second-order valence-corrected chi connectivity index (χ2v) is 3.53. The van der Waals surface area contributed by atoms with Gasteiger partial charge in [-0.3, -0.25) is 4.79 Å². The number of carbonyl (C=O) groups excluding carboxylic acids is 1. The minimum absolute atomic E-state index is 0.292. The van der Waals surface area contributed by atoms with Gasteiger partial charge in [-0.2, -0.15) is 0 Å². The van der Waals surface area contributed by atoms with Crippen molar-refractivity contribution in [1.82, 2.24) is 0 Å². The summed E-state index contributed by atoms with van der Waals surface area (Å²) in [5, 5.41) is 0.738. The molecule has 0 saturated carbocycles. The van der Waals surface area contributed by atoms with Gasteiger partial charge in [0.1, 0.15) is 0 Å². The van der Waals surface area contributed by atoms with Crippen molar-refractivity contribution in [1.29, 1.82) is 0 Å². The molecule has 0 unspecified atom stereocenters. The molecule has 0 radical (unpaired) electrons. The normalized spacial score (nSPS) is 10.0. The van der Waals surface area contributed by atoms with E-state index in [2.05, 4.69) is 0 Å². The van der Waals surface area contributed by atoms with Crippen LogP contribution < -0.4 is 0 Å². The molecule has 0 N–H and O–H groups in total. The first-order chi connectivity index (χ1) is 3.66. The van der Waals surface area contributed by atoms with Crippen molar-refractivity contribution in [3.05, 3.63) is 0 Å². The van der Waals surface area contributed by atoms with E-state index in [1.807, 2.05) is 20.8 Å². The van der Waals surface area contributed by atoms with E-state index in [4.69, 9.17) is 0 Å². The largest absolute Gasteiger partial charge is 0.287 e. The molecule has 0 rings (SSSR count). The fourth-order valence-electron chi connectivity index (χ4n) is 0.346. The zero-order chi connectivity index (χ0) is 6.57. The molecule has 0 aliphatic carbocycles. The molecule has 0 fully saturated rings. The van der Waals surface area contributed by atoms with Crippen molar-refractivity contribution >= 4 is 16.9 Å². The number of carbonyl (C=O) groups is 1. The highest BCUT2D eigenvalue weighted by Crippen LogP contribution is 2.11.